The van der Waals surface area contributed by atoms with Gasteiger partial charge in [-0.25, -0.2) is 4.98 Å². The molecule has 4 heteroatoms. The average Bonchev–Trinajstić information content (AvgIpc) is 3.30. The molecule has 4 nitrogen and oxygen atoms in total. The van der Waals surface area contributed by atoms with Crippen molar-refractivity contribution in [3.8, 4) is 0 Å². The third-order valence-corrected chi connectivity index (χ3v) is 4.04. The normalized spacial score (nSPS) is 20.6. The second kappa shape index (κ2) is 5.78. The van der Waals surface area contributed by atoms with Gasteiger partial charge < -0.3 is 10.2 Å². The molecule has 0 atom stereocenters. The third-order valence-electron chi connectivity index (χ3n) is 4.04. The molecule has 1 aromatic rings. The summed E-state index contributed by atoms with van der Waals surface area (Å²) < 4.78 is 0. The molecule has 1 aromatic heterocycles. The molecule has 104 valence electrons. The van der Waals surface area contributed by atoms with Crippen LogP contribution in [0.3, 0.4) is 0 Å². The minimum absolute atomic E-state index is 0.904. The zero-order valence-electron chi connectivity index (χ0n) is 11.8. The van der Waals surface area contributed by atoms with Crippen LogP contribution in [0.4, 0.5) is 11.5 Å². The van der Waals surface area contributed by atoms with Crippen molar-refractivity contribution < 1.29 is 0 Å². The number of nitrogens with one attached hydrogen (secondary N) is 1. The molecule has 0 unspecified atom stereocenters. The number of nitrogens with zero attached hydrogens (tertiary/aromatic N) is 3. The first-order chi connectivity index (χ1) is 9.36. The summed E-state index contributed by atoms with van der Waals surface area (Å²) in [6.45, 7) is 7.89. The van der Waals surface area contributed by atoms with E-state index in [2.05, 4.69) is 39.2 Å². The summed E-state index contributed by atoms with van der Waals surface area (Å²) in [5.41, 5.74) is 1.31. The van der Waals surface area contributed by atoms with Gasteiger partial charge in [0, 0.05) is 56.7 Å². The molecule has 2 aliphatic rings. The van der Waals surface area contributed by atoms with Crippen molar-refractivity contribution in [2.24, 2.45) is 0 Å². The lowest BCUT2D eigenvalue weighted by Crippen LogP contribution is -2.47. The Balaban J connectivity index is 1.59. The van der Waals surface area contributed by atoms with Gasteiger partial charge in [0.1, 0.15) is 5.82 Å². The van der Waals surface area contributed by atoms with Crippen LogP contribution in [-0.2, 0) is 0 Å². The second-order valence-corrected chi connectivity index (χ2v) is 5.58. The van der Waals surface area contributed by atoms with Crippen LogP contribution in [0.15, 0.2) is 18.3 Å². The molecule has 1 saturated carbocycles. The first kappa shape index (κ1) is 12.7. The molecule has 1 saturated heterocycles. The second-order valence-electron chi connectivity index (χ2n) is 5.58. The fraction of sp³-hybridized carbons (Fsp3) is 0.667. The molecule has 1 N–H and O–H groups in total. The van der Waals surface area contributed by atoms with Crippen molar-refractivity contribution in [3.63, 3.8) is 0 Å². The molecule has 0 spiro atoms. The van der Waals surface area contributed by atoms with Gasteiger partial charge in [-0.1, -0.05) is 6.92 Å². The van der Waals surface area contributed by atoms with Crippen LogP contribution in [0.1, 0.15) is 26.2 Å². The van der Waals surface area contributed by atoms with Crippen molar-refractivity contribution in [2.75, 3.05) is 42.9 Å². The van der Waals surface area contributed by atoms with E-state index >= 15 is 0 Å². The molecule has 0 radical (unpaired) electrons. The van der Waals surface area contributed by atoms with Crippen LogP contribution in [0.5, 0.6) is 0 Å². The summed E-state index contributed by atoms with van der Waals surface area (Å²) in [5, 5.41) is 3.36. The van der Waals surface area contributed by atoms with Gasteiger partial charge >= 0.3 is 0 Å². The van der Waals surface area contributed by atoms with Gasteiger partial charge in [-0.3, -0.25) is 4.90 Å². The van der Waals surface area contributed by atoms with E-state index in [9.17, 15) is 0 Å². The van der Waals surface area contributed by atoms with Crippen LogP contribution in [-0.4, -0.2) is 48.6 Å². The zero-order chi connectivity index (χ0) is 13.1. The maximum Gasteiger partial charge on any atom is 0.127 e. The van der Waals surface area contributed by atoms with Gasteiger partial charge in [0.25, 0.3) is 0 Å². The van der Waals surface area contributed by atoms with E-state index in [4.69, 9.17) is 0 Å². The van der Waals surface area contributed by atoms with Crippen molar-refractivity contribution in [2.45, 2.75) is 32.2 Å². The predicted molar refractivity (Wildman–Crippen MR) is 79.8 cm³/mol. The van der Waals surface area contributed by atoms with Crippen LogP contribution >= 0.6 is 0 Å². The largest absolute Gasteiger partial charge is 0.370 e. The van der Waals surface area contributed by atoms with Gasteiger partial charge in [-0.05, 0) is 25.3 Å². The molecule has 1 aliphatic carbocycles. The lowest BCUT2D eigenvalue weighted by Gasteiger charge is -2.36. The summed E-state index contributed by atoms with van der Waals surface area (Å²) in [6, 6.07) is 5.22. The smallest absolute Gasteiger partial charge is 0.127 e. The Kier molecular flexibility index (Phi) is 3.87. The van der Waals surface area contributed by atoms with Crippen molar-refractivity contribution in [3.05, 3.63) is 18.3 Å². The number of rotatable bonds is 5. The highest BCUT2D eigenvalue weighted by atomic mass is 15.3. The highest BCUT2D eigenvalue weighted by Crippen LogP contribution is 2.28. The Morgan fingerprint density at radius 2 is 2.05 bits per heavy atom. The van der Waals surface area contributed by atoms with E-state index in [1.54, 1.807) is 0 Å². The number of anilines is 2. The number of hydrogen-bond donors (Lipinski definition) is 1. The molecule has 1 aliphatic heterocycles. The first-order valence-corrected chi connectivity index (χ1v) is 7.56. The molecule has 0 aromatic carbocycles. The van der Waals surface area contributed by atoms with Gasteiger partial charge in [0.05, 0.1) is 0 Å². The molecule has 3 rings (SSSR count). The summed E-state index contributed by atoms with van der Waals surface area (Å²) in [7, 11) is 0. The SMILES string of the molecule is CCCNc1cc(N2CCN(C3CC3)CC2)ccn1. The monoisotopic (exact) mass is 260 g/mol. The molecule has 2 heterocycles. The van der Waals surface area contributed by atoms with Crippen molar-refractivity contribution in [1.82, 2.24) is 9.88 Å². The third kappa shape index (κ3) is 3.18. The average molecular weight is 260 g/mol. The Morgan fingerprint density at radius 1 is 1.26 bits per heavy atom. The summed E-state index contributed by atoms with van der Waals surface area (Å²) in [4.78, 5) is 9.51. The number of hydrogen-bond acceptors (Lipinski definition) is 4. The Bertz CT molecular complexity index is 408. The number of aromatic nitrogens is 1. The number of piperazine rings is 1. The van der Waals surface area contributed by atoms with E-state index in [1.165, 1.54) is 31.6 Å². The topological polar surface area (TPSA) is 31.4 Å². The fourth-order valence-electron chi connectivity index (χ4n) is 2.75. The molecular formula is C15H24N4. The zero-order valence-corrected chi connectivity index (χ0v) is 11.8. The Labute approximate surface area is 115 Å². The molecule has 0 amide bonds. The van der Waals surface area contributed by atoms with Crippen LogP contribution in [0.2, 0.25) is 0 Å². The maximum atomic E-state index is 4.38. The van der Waals surface area contributed by atoms with Crippen molar-refractivity contribution in [1.29, 1.82) is 0 Å². The molecular weight excluding hydrogens is 236 g/mol. The summed E-state index contributed by atoms with van der Waals surface area (Å²) in [6.07, 6.45) is 5.88. The Morgan fingerprint density at radius 3 is 2.74 bits per heavy atom. The lowest BCUT2D eigenvalue weighted by atomic mass is 10.2. The van der Waals surface area contributed by atoms with Gasteiger partial charge in [-0.15, -0.1) is 0 Å². The molecule has 0 bridgehead atoms. The van der Waals surface area contributed by atoms with E-state index in [0.717, 1.165) is 37.9 Å². The highest BCUT2D eigenvalue weighted by molar-refractivity contribution is 5.54. The minimum atomic E-state index is 0.904. The van der Waals surface area contributed by atoms with Gasteiger partial charge in [0.2, 0.25) is 0 Å². The van der Waals surface area contributed by atoms with Gasteiger partial charge in [0.15, 0.2) is 0 Å². The first-order valence-electron chi connectivity index (χ1n) is 7.56. The van der Waals surface area contributed by atoms with Gasteiger partial charge in [-0.2, -0.15) is 0 Å². The number of pyridine rings is 1. The summed E-state index contributed by atoms with van der Waals surface area (Å²) >= 11 is 0. The van der Waals surface area contributed by atoms with Crippen LogP contribution in [0, 0.1) is 0 Å². The van der Waals surface area contributed by atoms with Crippen LogP contribution < -0.4 is 10.2 Å². The standard InChI is InChI=1S/C15H24N4/c1-2-6-16-15-12-14(5-7-17-15)19-10-8-18(9-11-19)13-3-4-13/h5,7,12-13H,2-4,6,8-11H2,1H3,(H,16,17). The predicted octanol–water partition coefficient (Wildman–Crippen LogP) is 2.19. The highest BCUT2D eigenvalue weighted by Gasteiger charge is 2.31. The fourth-order valence-corrected chi connectivity index (χ4v) is 2.75. The Hall–Kier alpha value is -1.29. The van der Waals surface area contributed by atoms with Crippen molar-refractivity contribution >= 4 is 11.5 Å². The summed E-state index contributed by atoms with van der Waals surface area (Å²) in [5.74, 6) is 1.00. The molecule has 2 fully saturated rings. The van der Waals surface area contributed by atoms with Crippen LogP contribution in [0.25, 0.3) is 0 Å². The van der Waals surface area contributed by atoms with E-state index < -0.39 is 0 Å². The lowest BCUT2D eigenvalue weighted by molar-refractivity contribution is 0.248. The molecule has 19 heavy (non-hydrogen) atoms. The maximum absolute atomic E-state index is 4.38. The van der Waals surface area contributed by atoms with E-state index in [1.807, 2.05) is 6.20 Å². The minimum Gasteiger partial charge on any atom is -0.370 e. The quantitative estimate of drug-likeness (QED) is 0.879. The van der Waals surface area contributed by atoms with E-state index in [-0.39, 0.29) is 0 Å². The van der Waals surface area contributed by atoms with E-state index in [0.29, 0.717) is 0 Å².